The van der Waals surface area contributed by atoms with Gasteiger partial charge in [-0.3, -0.25) is 4.90 Å². The number of amides is 1. The first-order chi connectivity index (χ1) is 20.2. The third-order valence-electron chi connectivity index (χ3n) is 11.1. The van der Waals surface area contributed by atoms with Crippen molar-refractivity contribution in [1.29, 1.82) is 0 Å². The van der Waals surface area contributed by atoms with E-state index in [0.717, 1.165) is 68.4 Å². The van der Waals surface area contributed by atoms with Gasteiger partial charge in [-0.2, -0.15) is 0 Å². The molecule has 3 atom stereocenters. The Morgan fingerprint density at radius 2 is 1.79 bits per heavy atom. The number of fused-ring (bicyclic) bond motifs is 7. The van der Waals surface area contributed by atoms with Crippen LogP contribution in [0.3, 0.4) is 0 Å². The number of likely N-dealkylation sites (tertiary alicyclic amines) is 1. The molecule has 0 radical (unpaired) electrons. The molecule has 4 aromatic rings. The molecule has 4 aliphatic rings. The number of rotatable bonds is 2. The van der Waals surface area contributed by atoms with Gasteiger partial charge in [-0.05, 0) is 92.0 Å². The first kappa shape index (κ1) is 27.0. The number of ether oxygens (including phenoxy) is 1. The zero-order chi connectivity index (χ0) is 30.3. The van der Waals surface area contributed by atoms with Gasteiger partial charge in [0.1, 0.15) is 18.2 Å². The maximum absolute atomic E-state index is 12.6. The first-order valence-electron chi connectivity index (χ1n) is 15.3. The van der Waals surface area contributed by atoms with Crippen molar-refractivity contribution < 1.29 is 23.9 Å². The number of H-pyrrole nitrogens is 1. The molecule has 8 nitrogen and oxygen atoms in total. The van der Waals surface area contributed by atoms with E-state index in [2.05, 4.69) is 89.8 Å². The van der Waals surface area contributed by atoms with Gasteiger partial charge in [0.2, 0.25) is 0 Å². The Hall–Kier alpha value is -3.56. The van der Waals surface area contributed by atoms with Crippen molar-refractivity contribution >= 4 is 40.5 Å². The van der Waals surface area contributed by atoms with Gasteiger partial charge < -0.3 is 24.1 Å². The highest BCUT2D eigenvalue weighted by Crippen LogP contribution is 2.68. The number of hydrogen-bond acceptors (Lipinski definition) is 5. The van der Waals surface area contributed by atoms with Crippen LogP contribution in [-0.2, 0) is 15.9 Å². The standard InChI is InChI=1S/C34H38BN3O5/c1-31(2,3)34-16-20(34)14-26(38(34)30(39)40)29-36-25-11-8-18-13-24-22-10-9-21(35-42-32(4,5)33(6,7)43-35)12-19(22)17-41-27(24)15-23(18)28(25)37-29/h8-13,15,20,26H,14,16-17H2,1-7H3,(H,36,37)(H,39,40)/t20-,26+,34?/m1/s1. The van der Waals surface area contributed by atoms with E-state index in [1.165, 1.54) is 0 Å². The Balaban J connectivity index is 1.15. The fourth-order valence-electron chi connectivity index (χ4n) is 7.98. The minimum Gasteiger partial charge on any atom is -0.488 e. The number of nitrogens with one attached hydrogen (secondary N) is 1. The van der Waals surface area contributed by atoms with E-state index in [0.29, 0.717) is 12.5 Å². The minimum absolute atomic E-state index is 0.138. The molecule has 1 saturated carbocycles. The van der Waals surface area contributed by atoms with Crippen molar-refractivity contribution in [3.05, 3.63) is 53.9 Å². The summed E-state index contributed by atoms with van der Waals surface area (Å²) >= 11 is 0. The van der Waals surface area contributed by atoms with Crippen molar-refractivity contribution in [2.24, 2.45) is 11.3 Å². The number of hydrogen-bond donors (Lipinski definition) is 2. The van der Waals surface area contributed by atoms with Crippen molar-refractivity contribution in [2.75, 3.05) is 0 Å². The molecule has 3 fully saturated rings. The average molecular weight is 580 g/mol. The summed E-state index contributed by atoms with van der Waals surface area (Å²) in [4.78, 5) is 22.8. The summed E-state index contributed by atoms with van der Waals surface area (Å²) in [7, 11) is -0.419. The molecular weight excluding hydrogens is 541 g/mol. The van der Waals surface area contributed by atoms with Gasteiger partial charge in [0.25, 0.3) is 0 Å². The van der Waals surface area contributed by atoms with Crippen LogP contribution >= 0.6 is 0 Å². The van der Waals surface area contributed by atoms with Crippen molar-refractivity contribution in [3.8, 4) is 16.9 Å². The SMILES string of the molecule is CC(C)(C)C12C[C@H]1C[C@@H](c1nc3ccc4cc5c(cc4c3[nH]1)OCc1cc(B3OC(C)(C)C(C)(C)O3)ccc1-5)N2C(=O)O. The van der Waals surface area contributed by atoms with Gasteiger partial charge in [0.15, 0.2) is 0 Å². The Morgan fingerprint density at radius 3 is 2.49 bits per heavy atom. The van der Waals surface area contributed by atoms with E-state index in [4.69, 9.17) is 19.0 Å². The number of aromatic nitrogens is 2. The third kappa shape index (κ3) is 3.64. The molecule has 2 N–H and O–H groups in total. The third-order valence-corrected chi connectivity index (χ3v) is 11.1. The van der Waals surface area contributed by atoms with Gasteiger partial charge in [-0.1, -0.05) is 45.0 Å². The molecule has 4 heterocycles. The molecule has 1 aromatic heterocycles. The van der Waals surface area contributed by atoms with E-state index in [1.807, 2.05) is 6.07 Å². The van der Waals surface area contributed by atoms with Crippen molar-refractivity contribution in [2.45, 2.75) is 90.7 Å². The lowest BCUT2D eigenvalue weighted by Gasteiger charge is -2.39. The molecule has 1 aliphatic carbocycles. The van der Waals surface area contributed by atoms with Gasteiger partial charge in [0.05, 0.1) is 33.8 Å². The summed E-state index contributed by atoms with van der Waals surface area (Å²) in [6, 6.07) is 14.5. The van der Waals surface area contributed by atoms with E-state index in [1.54, 1.807) is 4.90 Å². The van der Waals surface area contributed by atoms with Crippen LogP contribution in [0.5, 0.6) is 5.75 Å². The predicted octanol–water partition coefficient (Wildman–Crippen LogP) is 6.80. The normalized spacial score (nSPS) is 26.8. The molecule has 9 heteroatoms. The summed E-state index contributed by atoms with van der Waals surface area (Å²) < 4.78 is 18.9. The summed E-state index contributed by atoms with van der Waals surface area (Å²) in [6.07, 6.45) is 0.851. The number of aromatic amines is 1. The molecule has 1 unspecified atom stereocenters. The largest absolute Gasteiger partial charge is 0.494 e. The summed E-state index contributed by atoms with van der Waals surface area (Å²) in [5.41, 5.74) is 4.77. The minimum atomic E-state index is -0.868. The molecular formula is C34H38BN3O5. The summed E-state index contributed by atoms with van der Waals surface area (Å²) in [5.74, 6) is 1.91. The van der Waals surface area contributed by atoms with Crippen LogP contribution in [0.2, 0.25) is 0 Å². The molecule has 3 aliphatic heterocycles. The topological polar surface area (TPSA) is 96.9 Å². The van der Waals surface area contributed by atoms with E-state index in [9.17, 15) is 9.90 Å². The number of carbonyl (C=O) groups is 1. The molecule has 0 spiro atoms. The van der Waals surface area contributed by atoms with Gasteiger partial charge in [-0.25, -0.2) is 9.78 Å². The lowest BCUT2D eigenvalue weighted by atomic mass is 9.77. The van der Waals surface area contributed by atoms with Crippen molar-refractivity contribution in [1.82, 2.24) is 14.9 Å². The Bertz CT molecular complexity index is 1840. The summed E-state index contributed by atoms with van der Waals surface area (Å²) in [6.45, 7) is 15.2. The van der Waals surface area contributed by atoms with Crippen LogP contribution < -0.4 is 10.2 Å². The highest BCUT2D eigenvalue weighted by molar-refractivity contribution is 6.62. The number of imidazole rings is 1. The fraction of sp³-hybridized carbons (Fsp3) is 0.471. The van der Waals surface area contributed by atoms with E-state index in [-0.39, 0.29) is 17.0 Å². The molecule has 222 valence electrons. The van der Waals surface area contributed by atoms with Gasteiger partial charge in [-0.15, -0.1) is 0 Å². The molecule has 2 saturated heterocycles. The first-order valence-corrected chi connectivity index (χ1v) is 15.3. The van der Waals surface area contributed by atoms with Crippen molar-refractivity contribution in [3.63, 3.8) is 0 Å². The second-order valence-electron chi connectivity index (χ2n) is 14.9. The Kier molecular flexibility index (Phi) is 5.24. The molecule has 3 aromatic carbocycles. The molecule has 0 bridgehead atoms. The summed E-state index contributed by atoms with van der Waals surface area (Å²) in [5, 5.41) is 12.4. The average Bonchev–Trinajstić information content (AvgIpc) is 3.22. The second-order valence-corrected chi connectivity index (χ2v) is 14.9. The Morgan fingerprint density at radius 1 is 1.05 bits per heavy atom. The Labute approximate surface area is 251 Å². The number of nitrogens with zero attached hydrogens (tertiary/aromatic N) is 2. The van der Waals surface area contributed by atoms with Crippen LogP contribution in [0.25, 0.3) is 32.9 Å². The van der Waals surface area contributed by atoms with Crippen LogP contribution in [0, 0.1) is 11.3 Å². The zero-order valence-corrected chi connectivity index (χ0v) is 25.9. The molecule has 1 amide bonds. The second kappa shape index (κ2) is 8.33. The maximum atomic E-state index is 12.6. The lowest BCUT2D eigenvalue weighted by Crippen LogP contribution is -2.48. The quantitative estimate of drug-likeness (QED) is 0.254. The highest BCUT2D eigenvalue weighted by Gasteiger charge is 2.72. The van der Waals surface area contributed by atoms with Crippen LogP contribution in [-0.4, -0.2) is 49.9 Å². The fourth-order valence-corrected chi connectivity index (χ4v) is 7.98. The lowest BCUT2D eigenvalue weighted by molar-refractivity contribution is 0.00578. The number of piperidine rings is 1. The van der Waals surface area contributed by atoms with E-state index >= 15 is 0 Å². The smallest absolute Gasteiger partial charge is 0.488 e. The van der Waals surface area contributed by atoms with E-state index < -0.39 is 24.4 Å². The predicted molar refractivity (Wildman–Crippen MR) is 167 cm³/mol. The maximum Gasteiger partial charge on any atom is 0.494 e. The molecule has 43 heavy (non-hydrogen) atoms. The highest BCUT2D eigenvalue weighted by atomic mass is 16.7. The molecule has 8 rings (SSSR count). The number of carboxylic acid groups (broad SMARTS) is 1. The van der Waals surface area contributed by atoms with Crippen LogP contribution in [0.15, 0.2) is 42.5 Å². The van der Waals surface area contributed by atoms with Crippen LogP contribution in [0.1, 0.15) is 78.7 Å². The van der Waals surface area contributed by atoms with Gasteiger partial charge in [0, 0.05) is 10.9 Å². The van der Waals surface area contributed by atoms with Gasteiger partial charge >= 0.3 is 13.2 Å². The van der Waals surface area contributed by atoms with Crippen LogP contribution in [0.4, 0.5) is 4.79 Å². The number of benzene rings is 3. The monoisotopic (exact) mass is 579 g/mol. The zero-order valence-electron chi connectivity index (χ0n) is 25.9.